The molecule has 2 aromatic rings. The highest BCUT2D eigenvalue weighted by Crippen LogP contribution is 2.63. The van der Waals surface area contributed by atoms with E-state index in [4.69, 9.17) is 29.4 Å². The SMILES string of the molecule is C=CCOc1ccc2c(c1)C1C(CCCCO)C(CCCCO)C=C3C(=NOC(C)(C)C)CC(n4nncc4CCCC)C(OCC=C)(O2)C31. The second kappa shape index (κ2) is 17.2. The van der Waals surface area contributed by atoms with Crippen LogP contribution >= 0.6 is 0 Å². The van der Waals surface area contributed by atoms with Crippen LogP contribution in [-0.4, -0.2) is 68.7 Å². The molecular weight excluding hydrogens is 632 g/mol. The number of aromatic nitrogens is 3. The lowest BCUT2D eigenvalue weighted by molar-refractivity contribution is -0.252. The van der Waals surface area contributed by atoms with Crippen molar-refractivity contribution in [2.45, 2.75) is 115 Å². The van der Waals surface area contributed by atoms with E-state index in [2.05, 4.69) is 37.3 Å². The first kappa shape index (κ1) is 37.8. The van der Waals surface area contributed by atoms with E-state index in [0.29, 0.717) is 13.0 Å². The van der Waals surface area contributed by atoms with E-state index in [9.17, 15) is 10.2 Å². The normalized spacial score (nSPS) is 26.4. The van der Waals surface area contributed by atoms with Gasteiger partial charge < -0.3 is 29.3 Å². The smallest absolute Gasteiger partial charge is 0.241 e. The number of aliphatic hydroxyl groups excluding tert-OH is 2. The first-order chi connectivity index (χ1) is 24.2. The molecule has 1 saturated carbocycles. The van der Waals surface area contributed by atoms with Gasteiger partial charge in [0.05, 0.1) is 30.1 Å². The van der Waals surface area contributed by atoms with Crippen LogP contribution in [0.5, 0.6) is 11.5 Å². The predicted molar refractivity (Wildman–Crippen MR) is 195 cm³/mol. The Morgan fingerprint density at radius 1 is 1.06 bits per heavy atom. The summed E-state index contributed by atoms with van der Waals surface area (Å²) in [7, 11) is 0. The summed E-state index contributed by atoms with van der Waals surface area (Å²) in [6.07, 6.45) is 16.2. The average molecular weight is 691 g/mol. The number of ether oxygens (including phenoxy) is 3. The van der Waals surface area contributed by atoms with Crippen molar-refractivity contribution in [1.82, 2.24) is 15.0 Å². The van der Waals surface area contributed by atoms with Gasteiger partial charge in [-0.2, -0.15) is 0 Å². The number of hydrogen-bond acceptors (Lipinski definition) is 9. The highest BCUT2D eigenvalue weighted by molar-refractivity contribution is 6.02. The quantitative estimate of drug-likeness (QED) is 0.0884. The molecule has 274 valence electrons. The van der Waals surface area contributed by atoms with Gasteiger partial charge in [0, 0.05) is 31.1 Å². The van der Waals surface area contributed by atoms with Crippen LogP contribution < -0.4 is 9.47 Å². The van der Waals surface area contributed by atoms with Gasteiger partial charge in [-0.25, -0.2) is 4.68 Å². The molecule has 50 heavy (non-hydrogen) atoms. The second-order valence-corrected chi connectivity index (χ2v) is 14.8. The van der Waals surface area contributed by atoms with Gasteiger partial charge >= 0.3 is 0 Å². The zero-order chi connectivity index (χ0) is 35.7. The molecule has 0 amide bonds. The number of nitrogens with zero attached hydrogens (tertiary/aromatic N) is 4. The summed E-state index contributed by atoms with van der Waals surface area (Å²) >= 11 is 0. The molecule has 6 unspecified atom stereocenters. The molecule has 0 radical (unpaired) electrons. The van der Waals surface area contributed by atoms with Crippen molar-refractivity contribution < 1.29 is 29.3 Å². The Kier molecular flexibility index (Phi) is 13.0. The van der Waals surface area contributed by atoms with Crippen LogP contribution in [0.4, 0.5) is 0 Å². The van der Waals surface area contributed by atoms with Crippen LogP contribution in [0.3, 0.4) is 0 Å². The zero-order valence-electron chi connectivity index (χ0n) is 30.6. The molecule has 2 aliphatic carbocycles. The summed E-state index contributed by atoms with van der Waals surface area (Å²) in [6.45, 7) is 17.1. The summed E-state index contributed by atoms with van der Waals surface area (Å²) in [5.41, 5.74) is 3.54. The molecule has 0 saturated heterocycles. The third-order valence-corrected chi connectivity index (χ3v) is 10.2. The molecule has 1 aliphatic heterocycles. The third kappa shape index (κ3) is 8.19. The summed E-state index contributed by atoms with van der Waals surface area (Å²) in [5, 5.41) is 33.6. The van der Waals surface area contributed by atoms with Gasteiger partial charge in [0.15, 0.2) is 0 Å². The molecule has 10 heteroatoms. The Morgan fingerprint density at radius 3 is 2.52 bits per heavy atom. The first-order valence-electron chi connectivity index (χ1n) is 18.6. The number of oxime groups is 1. The van der Waals surface area contributed by atoms with Crippen molar-refractivity contribution in [2.24, 2.45) is 22.9 Å². The number of fused-ring (bicyclic) bond motifs is 2. The van der Waals surface area contributed by atoms with Gasteiger partial charge in [0.2, 0.25) is 5.79 Å². The van der Waals surface area contributed by atoms with Gasteiger partial charge in [0.1, 0.15) is 29.7 Å². The van der Waals surface area contributed by atoms with Crippen LogP contribution in [0.1, 0.15) is 109 Å². The van der Waals surface area contributed by atoms with Crippen LogP contribution in [0, 0.1) is 17.8 Å². The fraction of sp³-hybridized carbons (Fsp3) is 0.625. The van der Waals surface area contributed by atoms with Crippen molar-refractivity contribution in [3.05, 3.63) is 72.6 Å². The molecule has 0 spiro atoms. The van der Waals surface area contributed by atoms with E-state index in [0.717, 1.165) is 91.8 Å². The summed E-state index contributed by atoms with van der Waals surface area (Å²) < 4.78 is 22.4. The Morgan fingerprint density at radius 2 is 1.82 bits per heavy atom. The summed E-state index contributed by atoms with van der Waals surface area (Å²) in [5.74, 6) is 0.416. The number of rotatable bonds is 19. The average Bonchev–Trinajstić information content (AvgIpc) is 3.57. The van der Waals surface area contributed by atoms with Gasteiger partial charge in [-0.3, -0.25) is 0 Å². The van der Waals surface area contributed by atoms with E-state index in [1.54, 1.807) is 12.2 Å². The molecule has 5 rings (SSSR count). The zero-order valence-corrected chi connectivity index (χ0v) is 30.6. The molecule has 2 N–H and O–H groups in total. The Balaban J connectivity index is 1.79. The lowest BCUT2D eigenvalue weighted by Crippen LogP contribution is -2.63. The number of unbranched alkanes of at least 4 members (excludes halogenated alkanes) is 3. The highest BCUT2D eigenvalue weighted by Gasteiger charge is 2.65. The largest absolute Gasteiger partial charge is 0.490 e. The number of benzene rings is 1. The monoisotopic (exact) mass is 690 g/mol. The van der Waals surface area contributed by atoms with E-state index >= 15 is 0 Å². The molecule has 2 heterocycles. The third-order valence-electron chi connectivity index (χ3n) is 10.2. The van der Waals surface area contributed by atoms with Crippen molar-refractivity contribution in [1.29, 1.82) is 0 Å². The predicted octanol–water partition coefficient (Wildman–Crippen LogP) is 7.49. The van der Waals surface area contributed by atoms with Crippen LogP contribution in [-0.2, 0) is 16.0 Å². The number of aryl methyl sites for hydroxylation is 1. The molecular formula is C40H58N4O6. The first-order valence-corrected chi connectivity index (χ1v) is 18.6. The second-order valence-electron chi connectivity index (χ2n) is 14.8. The summed E-state index contributed by atoms with van der Waals surface area (Å²) in [6, 6.07) is 5.68. The Labute approximate surface area is 298 Å². The Hall–Kier alpha value is -3.47. The number of hydrogen-bond donors (Lipinski definition) is 2. The fourth-order valence-electron chi connectivity index (χ4n) is 8.08. The minimum atomic E-state index is -1.16. The van der Waals surface area contributed by atoms with Gasteiger partial charge in [-0.05, 0) is 94.9 Å². The molecule has 1 aromatic carbocycles. The number of allylic oxidation sites excluding steroid dienone is 1. The lowest BCUT2D eigenvalue weighted by atomic mass is 9.55. The molecule has 3 aliphatic rings. The number of aliphatic hydroxyl groups is 2. The molecule has 1 aromatic heterocycles. The minimum absolute atomic E-state index is 0.0427. The van der Waals surface area contributed by atoms with Crippen molar-refractivity contribution in [3.63, 3.8) is 0 Å². The molecule has 1 fully saturated rings. The maximum Gasteiger partial charge on any atom is 0.241 e. The standard InChI is InChI=1S/C40H58N4O6/c1-7-10-16-29-27-41-43-44(29)36-26-34(42-50-39(4,5)6)32-24-28(15-11-13-20-45)31(17-12-14-21-46)37-33-25-30(47-22-8-2)18-19-35(33)49-40(36,38(32)37)48-23-9-3/h8-9,18-19,24-25,27-28,31,36-38,45-46H,2-3,7,10-17,20-23,26H2,1,4-6H3. The topological polar surface area (TPSA) is 120 Å². The summed E-state index contributed by atoms with van der Waals surface area (Å²) in [4.78, 5) is 6.20. The van der Waals surface area contributed by atoms with E-state index < -0.39 is 17.4 Å². The van der Waals surface area contributed by atoms with Crippen molar-refractivity contribution in [2.75, 3.05) is 26.4 Å². The highest BCUT2D eigenvalue weighted by atomic mass is 16.7. The molecule has 6 atom stereocenters. The van der Waals surface area contributed by atoms with E-state index in [-0.39, 0.29) is 43.5 Å². The van der Waals surface area contributed by atoms with E-state index in [1.165, 1.54) is 0 Å². The maximum absolute atomic E-state index is 9.84. The minimum Gasteiger partial charge on any atom is -0.490 e. The maximum atomic E-state index is 9.84. The van der Waals surface area contributed by atoms with Crippen LogP contribution in [0.2, 0.25) is 0 Å². The van der Waals surface area contributed by atoms with Gasteiger partial charge in [-0.15, -0.1) is 11.7 Å². The Bertz CT molecular complexity index is 1490. The fourth-order valence-corrected chi connectivity index (χ4v) is 8.08. The van der Waals surface area contributed by atoms with Gasteiger partial charge in [-0.1, -0.05) is 61.4 Å². The van der Waals surface area contributed by atoms with Crippen LogP contribution in [0.25, 0.3) is 0 Å². The van der Waals surface area contributed by atoms with Crippen molar-refractivity contribution in [3.8, 4) is 11.5 Å². The van der Waals surface area contributed by atoms with Gasteiger partial charge in [0.25, 0.3) is 0 Å². The molecule has 10 nitrogen and oxygen atoms in total. The van der Waals surface area contributed by atoms with E-state index in [1.807, 2.05) is 43.8 Å². The molecule has 0 bridgehead atoms. The van der Waals surface area contributed by atoms with Crippen LogP contribution in [0.15, 0.2) is 66.5 Å². The lowest BCUT2D eigenvalue weighted by Gasteiger charge is -2.58. The van der Waals surface area contributed by atoms with Crippen molar-refractivity contribution >= 4 is 5.71 Å².